The third kappa shape index (κ3) is 4.34. The molecule has 8 heteroatoms. The Kier molecular flexibility index (Phi) is 8.73. The molecular formula is C16H31Cl2N3O3. The van der Waals surface area contributed by atoms with Gasteiger partial charge in [-0.2, -0.15) is 0 Å². The van der Waals surface area contributed by atoms with Crippen LogP contribution < -0.4 is 5.73 Å². The van der Waals surface area contributed by atoms with Crippen LogP contribution >= 0.6 is 24.8 Å². The van der Waals surface area contributed by atoms with Gasteiger partial charge in [0.2, 0.25) is 5.91 Å². The van der Waals surface area contributed by atoms with Crippen LogP contribution in [0.4, 0.5) is 0 Å². The minimum atomic E-state index is -0.391. The van der Waals surface area contributed by atoms with E-state index in [2.05, 4.69) is 16.7 Å². The van der Waals surface area contributed by atoms with Gasteiger partial charge in [0.25, 0.3) is 0 Å². The van der Waals surface area contributed by atoms with Crippen LogP contribution in [0, 0.1) is 11.3 Å². The maximum atomic E-state index is 13.1. The molecule has 3 aliphatic heterocycles. The molecule has 0 radical (unpaired) electrons. The molecule has 3 heterocycles. The summed E-state index contributed by atoms with van der Waals surface area (Å²) in [6.45, 7) is 9.25. The summed E-state index contributed by atoms with van der Waals surface area (Å²) in [7, 11) is 0. The molecule has 0 spiro atoms. The molecular weight excluding hydrogens is 353 g/mol. The maximum absolute atomic E-state index is 13.1. The van der Waals surface area contributed by atoms with Crippen LogP contribution in [-0.4, -0.2) is 80.9 Å². The first kappa shape index (κ1) is 21.9. The fourth-order valence-corrected chi connectivity index (χ4v) is 4.10. The van der Waals surface area contributed by atoms with Crippen molar-refractivity contribution in [2.45, 2.75) is 25.8 Å². The van der Waals surface area contributed by atoms with Crippen LogP contribution in [0.15, 0.2) is 0 Å². The van der Waals surface area contributed by atoms with E-state index in [1.165, 1.54) is 0 Å². The van der Waals surface area contributed by atoms with Crippen molar-refractivity contribution in [2.75, 3.05) is 59.2 Å². The first-order valence-electron chi connectivity index (χ1n) is 8.55. The number of nitrogens with zero attached hydrogens (tertiary/aromatic N) is 2. The fourth-order valence-electron chi connectivity index (χ4n) is 4.10. The molecule has 3 saturated heterocycles. The fraction of sp³-hybridized carbons (Fsp3) is 0.938. The van der Waals surface area contributed by atoms with Crippen LogP contribution in [0.2, 0.25) is 0 Å². The summed E-state index contributed by atoms with van der Waals surface area (Å²) >= 11 is 0. The predicted molar refractivity (Wildman–Crippen MR) is 98.0 cm³/mol. The highest BCUT2D eigenvalue weighted by atomic mass is 35.5. The minimum Gasteiger partial charge on any atom is -0.381 e. The predicted octanol–water partition coefficient (Wildman–Crippen LogP) is 0.765. The highest BCUT2D eigenvalue weighted by Gasteiger charge is 2.45. The van der Waals surface area contributed by atoms with E-state index >= 15 is 0 Å². The smallest absolute Gasteiger partial charge is 0.230 e. The van der Waals surface area contributed by atoms with Crippen molar-refractivity contribution in [1.29, 1.82) is 0 Å². The van der Waals surface area contributed by atoms with E-state index in [1.807, 2.05) is 0 Å². The number of hydrogen-bond acceptors (Lipinski definition) is 5. The molecule has 0 saturated carbocycles. The number of halogens is 2. The molecule has 0 aromatic carbocycles. The standard InChI is InChI=1S/C16H29N3O3.2ClH/c1-13-10-19(11-14(13)18-4-8-22-9-5-18)15(20)16(12-17)2-6-21-7-3-16;;/h13-14H,2-12,17H2,1H3;2*1H. The molecule has 3 rings (SSSR count). The van der Waals surface area contributed by atoms with Gasteiger partial charge in [0.1, 0.15) is 0 Å². The van der Waals surface area contributed by atoms with Gasteiger partial charge in [-0.3, -0.25) is 9.69 Å². The van der Waals surface area contributed by atoms with E-state index in [-0.39, 0.29) is 30.7 Å². The van der Waals surface area contributed by atoms with E-state index < -0.39 is 5.41 Å². The maximum Gasteiger partial charge on any atom is 0.230 e. The summed E-state index contributed by atoms with van der Waals surface area (Å²) in [6, 6.07) is 0.461. The van der Waals surface area contributed by atoms with E-state index in [0.29, 0.717) is 31.7 Å². The largest absolute Gasteiger partial charge is 0.381 e. The Balaban J connectivity index is 0.00000144. The summed E-state index contributed by atoms with van der Waals surface area (Å²) in [5.74, 6) is 0.762. The van der Waals surface area contributed by atoms with E-state index in [9.17, 15) is 4.79 Å². The van der Waals surface area contributed by atoms with Crippen LogP contribution in [-0.2, 0) is 14.3 Å². The van der Waals surface area contributed by atoms with Gasteiger partial charge in [0.15, 0.2) is 0 Å². The number of morpholine rings is 1. The third-order valence-electron chi connectivity index (χ3n) is 5.67. The number of hydrogen-bond donors (Lipinski definition) is 1. The van der Waals surface area contributed by atoms with Crippen molar-refractivity contribution in [3.8, 4) is 0 Å². The van der Waals surface area contributed by atoms with Gasteiger partial charge in [0, 0.05) is 52.0 Å². The molecule has 2 atom stereocenters. The number of amides is 1. The van der Waals surface area contributed by atoms with Gasteiger partial charge in [-0.1, -0.05) is 6.92 Å². The first-order chi connectivity index (χ1) is 10.7. The topological polar surface area (TPSA) is 68.0 Å². The number of nitrogens with two attached hydrogens (primary N) is 1. The first-order valence-corrected chi connectivity index (χ1v) is 8.55. The van der Waals surface area contributed by atoms with E-state index in [1.54, 1.807) is 0 Å². The monoisotopic (exact) mass is 383 g/mol. The number of rotatable bonds is 3. The van der Waals surface area contributed by atoms with Gasteiger partial charge in [-0.05, 0) is 18.8 Å². The second kappa shape index (κ2) is 9.55. The average molecular weight is 384 g/mol. The van der Waals surface area contributed by atoms with Crippen LogP contribution in [0.5, 0.6) is 0 Å². The van der Waals surface area contributed by atoms with Crippen molar-refractivity contribution in [3.63, 3.8) is 0 Å². The van der Waals surface area contributed by atoms with Crippen molar-refractivity contribution >= 4 is 30.7 Å². The molecule has 2 N–H and O–H groups in total. The molecule has 0 bridgehead atoms. The summed E-state index contributed by atoms with van der Waals surface area (Å²) in [5.41, 5.74) is 5.60. The van der Waals surface area contributed by atoms with Crippen LogP contribution in [0.3, 0.4) is 0 Å². The lowest BCUT2D eigenvalue weighted by Crippen LogP contribution is -2.51. The van der Waals surface area contributed by atoms with Gasteiger partial charge < -0.3 is 20.1 Å². The third-order valence-corrected chi connectivity index (χ3v) is 5.67. The number of likely N-dealkylation sites (tertiary alicyclic amines) is 1. The molecule has 0 aliphatic carbocycles. The van der Waals surface area contributed by atoms with E-state index in [0.717, 1.165) is 52.2 Å². The summed E-state index contributed by atoms with van der Waals surface area (Å²) < 4.78 is 10.9. The zero-order chi connectivity index (χ0) is 15.6. The van der Waals surface area contributed by atoms with Crippen molar-refractivity contribution in [3.05, 3.63) is 0 Å². The summed E-state index contributed by atoms with van der Waals surface area (Å²) in [4.78, 5) is 17.6. The normalized spacial score (nSPS) is 30.3. The molecule has 1 amide bonds. The zero-order valence-corrected chi connectivity index (χ0v) is 16.1. The lowest BCUT2D eigenvalue weighted by molar-refractivity contribution is -0.146. The Morgan fingerprint density at radius 2 is 1.67 bits per heavy atom. The Morgan fingerprint density at radius 3 is 2.25 bits per heavy atom. The Hall–Kier alpha value is -0.110. The molecule has 3 fully saturated rings. The van der Waals surface area contributed by atoms with Gasteiger partial charge >= 0.3 is 0 Å². The van der Waals surface area contributed by atoms with Crippen LogP contribution in [0.1, 0.15) is 19.8 Å². The van der Waals surface area contributed by atoms with Crippen molar-refractivity contribution in [1.82, 2.24) is 9.80 Å². The molecule has 24 heavy (non-hydrogen) atoms. The summed E-state index contributed by atoms with van der Waals surface area (Å²) in [5, 5.41) is 0. The quantitative estimate of drug-likeness (QED) is 0.779. The van der Waals surface area contributed by atoms with Crippen LogP contribution in [0.25, 0.3) is 0 Å². The lowest BCUT2D eigenvalue weighted by atomic mass is 9.79. The zero-order valence-electron chi connectivity index (χ0n) is 14.4. The molecule has 142 valence electrons. The molecule has 2 unspecified atom stereocenters. The SMILES string of the molecule is CC1CN(C(=O)C2(CN)CCOCC2)CC1N1CCOCC1.Cl.Cl. The molecule has 6 nitrogen and oxygen atoms in total. The number of carbonyl (C=O) groups is 1. The molecule has 0 aromatic rings. The summed E-state index contributed by atoms with van der Waals surface area (Å²) in [6.07, 6.45) is 1.52. The Labute approximate surface area is 157 Å². The second-order valence-corrected chi connectivity index (χ2v) is 7.00. The van der Waals surface area contributed by atoms with Crippen molar-refractivity contribution in [2.24, 2.45) is 17.1 Å². The Morgan fingerprint density at radius 1 is 1.08 bits per heavy atom. The molecule has 0 aromatic heterocycles. The van der Waals surface area contributed by atoms with Gasteiger partial charge in [-0.15, -0.1) is 24.8 Å². The minimum absolute atomic E-state index is 0. The highest BCUT2D eigenvalue weighted by Crippen LogP contribution is 2.34. The van der Waals surface area contributed by atoms with Gasteiger partial charge in [0.05, 0.1) is 18.6 Å². The van der Waals surface area contributed by atoms with Gasteiger partial charge in [-0.25, -0.2) is 0 Å². The number of ether oxygens (including phenoxy) is 2. The van der Waals surface area contributed by atoms with Crippen molar-refractivity contribution < 1.29 is 14.3 Å². The molecule has 3 aliphatic rings. The Bertz CT molecular complexity index is 402. The second-order valence-electron chi connectivity index (χ2n) is 7.00. The highest BCUT2D eigenvalue weighted by molar-refractivity contribution is 5.85. The number of carbonyl (C=O) groups excluding carboxylic acids is 1. The average Bonchev–Trinajstić information content (AvgIpc) is 2.97. The lowest BCUT2D eigenvalue weighted by Gasteiger charge is -2.38. The van der Waals surface area contributed by atoms with E-state index in [4.69, 9.17) is 15.2 Å².